The molecular weight excluding hydrogens is 304 g/mol. The molecular formula is C16H23ClN2O3. The van der Waals surface area contributed by atoms with Crippen molar-refractivity contribution < 1.29 is 14.6 Å². The van der Waals surface area contributed by atoms with Gasteiger partial charge in [-0.3, -0.25) is 4.79 Å². The summed E-state index contributed by atoms with van der Waals surface area (Å²) in [7, 11) is 3.49. The first kappa shape index (κ1) is 16.9. The standard InChI is InChI=1S/C16H23ClN2O3/c1-4-10-8-12(17)15(22-3)13(14(10)20)16(21)18-9-11-6-5-7-19(11)2/h8,11,20H,4-7,9H2,1-3H3,(H,18,21)/t11-/m0/s1. The summed E-state index contributed by atoms with van der Waals surface area (Å²) in [5.41, 5.74) is 0.751. The van der Waals surface area contributed by atoms with Gasteiger partial charge in [0.1, 0.15) is 11.3 Å². The van der Waals surface area contributed by atoms with Gasteiger partial charge < -0.3 is 20.1 Å². The Hall–Kier alpha value is -1.46. The quantitative estimate of drug-likeness (QED) is 0.872. The molecule has 0 radical (unpaired) electrons. The van der Waals surface area contributed by atoms with Crippen molar-refractivity contribution in [3.8, 4) is 11.5 Å². The lowest BCUT2D eigenvalue weighted by atomic mass is 10.0. The van der Waals surface area contributed by atoms with Gasteiger partial charge in [-0.05, 0) is 44.5 Å². The largest absolute Gasteiger partial charge is 0.507 e. The number of carbonyl (C=O) groups is 1. The summed E-state index contributed by atoms with van der Waals surface area (Å²) < 4.78 is 5.21. The summed E-state index contributed by atoms with van der Waals surface area (Å²) >= 11 is 6.16. The zero-order valence-electron chi connectivity index (χ0n) is 13.3. The second-order valence-corrected chi connectivity index (χ2v) is 6.02. The summed E-state index contributed by atoms with van der Waals surface area (Å²) in [6.45, 7) is 3.49. The number of amides is 1. The number of ether oxygens (including phenoxy) is 1. The van der Waals surface area contributed by atoms with Crippen LogP contribution in [-0.2, 0) is 6.42 Å². The van der Waals surface area contributed by atoms with Gasteiger partial charge >= 0.3 is 0 Å². The molecule has 1 aromatic rings. The highest BCUT2D eigenvalue weighted by Crippen LogP contribution is 2.38. The zero-order chi connectivity index (χ0) is 16.3. The highest BCUT2D eigenvalue weighted by atomic mass is 35.5. The maximum absolute atomic E-state index is 12.5. The average molecular weight is 327 g/mol. The van der Waals surface area contributed by atoms with Gasteiger partial charge in [0, 0.05) is 12.6 Å². The number of likely N-dealkylation sites (tertiary alicyclic amines) is 1. The molecule has 5 nitrogen and oxygen atoms in total. The van der Waals surface area contributed by atoms with E-state index in [1.54, 1.807) is 6.07 Å². The van der Waals surface area contributed by atoms with Gasteiger partial charge in [0.25, 0.3) is 5.91 Å². The van der Waals surface area contributed by atoms with Crippen molar-refractivity contribution >= 4 is 17.5 Å². The van der Waals surface area contributed by atoms with Crippen molar-refractivity contribution in [2.75, 3.05) is 27.2 Å². The molecule has 1 atom stereocenters. The Morgan fingerprint density at radius 2 is 2.32 bits per heavy atom. The molecule has 1 fully saturated rings. The Balaban J connectivity index is 2.22. The van der Waals surface area contributed by atoms with Crippen LogP contribution >= 0.6 is 11.6 Å². The van der Waals surface area contributed by atoms with Gasteiger partial charge in [-0.15, -0.1) is 0 Å². The van der Waals surface area contributed by atoms with Crippen LogP contribution < -0.4 is 10.1 Å². The topological polar surface area (TPSA) is 61.8 Å². The number of nitrogens with zero attached hydrogens (tertiary/aromatic N) is 1. The van der Waals surface area contributed by atoms with Crippen LogP contribution in [0.4, 0.5) is 0 Å². The molecule has 0 spiro atoms. The van der Waals surface area contributed by atoms with Gasteiger partial charge in [0.05, 0.1) is 12.1 Å². The Kier molecular flexibility index (Phi) is 5.53. The third kappa shape index (κ3) is 3.31. The number of aryl methyl sites for hydroxylation is 1. The first-order chi connectivity index (χ1) is 10.5. The molecule has 2 N–H and O–H groups in total. The maximum Gasteiger partial charge on any atom is 0.258 e. The number of phenolic OH excluding ortho intramolecular Hbond substituents is 1. The van der Waals surface area contributed by atoms with Crippen molar-refractivity contribution in [3.63, 3.8) is 0 Å². The van der Waals surface area contributed by atoms with E-state index in [1.807, 2.05) is 6.92 Å². The Bertz CT molecular complexity index is 563. The van der Waals surface area contributed by atoms with Crippen molar-refractivity contribution in [1.29, 1.82) is 0 Å². The van der Waals surface area contributed by atoms with Crippen molar-refractivity contribution in [2.24, 2.45) is 0 Å². The third-order valence-electron chi connectivity index (χ3n) is 4.27. The fourth-order valence-electron chi connectivity index (χ4n) is 2.89. The van der Waals surface area contributed by atoms with E-state index in [9.17, 15) is 9.90 Å². The molecule has 1 aliphatic heterocycles. The minimum Gasteiger partial charge on any atom is -0.507 e. The van der Waals surface area contributed by atoms with E-state index >= 15 is 0 Å². The summed E-state index contributed by atoms with van der Waals surface area (Å²) in [4.78, 5) is 14.7. The predicted octanol–water partition coefficient (Wildman–Crippen LogP) is 2.44. The van der Waals surface area contributed by atoms with Gasteiger partial charge in [-0.25, -0.2) is 0 Å². The number of nitrogens with one attached hydrogen (secondary N) is 1. The highest BCUT2D eigenvalue weighted by molar-refractivity contribution is 6.33. The van der Waals surface area contributed by atoms with Crippen LogP contribution in [0.3, 0.4) is 0 Å². The fraction of sp³-hybridized carbons (Fsp3) is 0.562. The lowest BCUT2D eigenvalue weighted by Crippen LogP contribution is -2.38. The van der Waals surface area contributed by atoms with Gasteiger partial charge in [-0.1, -0.05) is 18.5 Å². The summed E-state index contributed by atoms with van der Waals surface area (Å²) in [5.74, 6) is -0.193. The van der Waals surface area contributed by atoms with Crippen LogP contribution in [-0.4, -0.2) is 49.2 Å². The molecule has 0 saturated carbocycles. The van der Waals surface area contributed by atoms with Crippen molar-refractivity contribution in [1.82, 2.24) is 10.2 Å². The SMILES string of the molecule is CCc1cc(Cl)c(OC)c(C(=O)NC[C@@H]2CCCN2C)c1O. The molecule has 6 heteroatoms. The minimum absolute atomic E-state index is 0.0546. The molecule has 0 aliphatic carbocycles. The number of rotatable bonds is 5. The number of likely N-dealkylation sites (N-methyl/N-ethyl adjacent to an activating group) is 1. The number of benzene rings is 1. The van der Waals surface area contributed by atoms with E-state index in [4.69, 9.17) is 16.3 Å². The van der Waals surface area contributed by atoms with Crippen LogP contribution in [0.15, 0.2) is 6.07 Å². The lowest BCUT2D eigenvalue weighted by molar-refractivity contribution is 0.0937. The monoisotopic (exact) mass is 326 g/mol. The second kappa shape index (κ2) is 7.20. The molecule has 122 valence electrons. The molecule has 1 aliphatic rings. The van der Waals surface area contributed by atoms with Gasteiger partial charge in [0.2, 0.25) is 0 Å². The molecule has 1 aromatic carbocycles. The number of aromatic hydroxyl groups is 1. The third-order valence-corrected chi connectivity index (χ3v) is 4.55. The van der Waals surface area contributed by atoms with Crippen molar-refractivity contribution in [2.45, 2.75) is 32.2 Å². The smallest absolute Gasteiger partial charge is 0.258 e. The molecule has 1 saturated heterocycles. The van der Waals surface area contributed by atoms with E-state index in [1.165, 1.54) is 7.11 Å². The van der Waals surface area contributed by atoms with Crippen molar-refractivity contribution in [3.05, 3.63) is 22.2 Å². The van der Waals surface area contributed by atoms with Gasteiger partial charge in [-0.2, -0.15) is 0 Å². The number of phenols is 1. The van der Waals surface area contributed by atoms with E-state index < -0.39 is 0 Å². The first-order valence-electron chi connectivity index (χ1n) is 7.56. The number of halogens is 1. The zero-order valence-corrected chi connectivity index (χ0v) is 14.0. The second-order valence-electron chi connectivity index (χ2n) is 5.61. The number of carbonyl (C=O) groups excluding carboxylic acids is 1. The predicted molar refractivity (Wildman–Crippen MR) is 87.0 cm³/mol. The van der Waals surface area contributed by atoms with E-state index in [-0.39, 0.29) is 23.0 Å². The summed E-state index contributed by atoms with van der Waals surface area (Å²) in [5, 5.41) is 13.5. The molecule has 2 rings (SSSR count). The number of hydrogen-bond acceptors (Lipinski definition) is 4. The Morgan fingerprint density at radius 3 is 2.86 bits per heavy atom. The van der Waals surface area contributed by atoms with Crippen LogP contribution in [0, 0.1) is 0 Å². The van der Waals surface area contributed by atoms with Crippen LogP contribution in [0.25, 0.3) is 0 Å². The molecule has 1 amide bonds. The summed E-state index contributed by atoms with van der Waals surface area (Å²) in [6.07, 6.45) is 2.79. The Morgan fingerprint density at radius 1 is 1.59 bits per heavy atom. The molecule has 22 heavy (non-hydrogen) atoms. The van der Waals surface area contributed by atoms with E-state index in [0.29, 0.717) is 29.6 Å². The minimum atomic E-state index is -0.355. The summed E-state index contributed by atoms with van der Waals surface area (Å²) in [6, 6.07) is 1.97. The highest BCUT2D eigenvalue weighted by Gasteiger charge is 2.25. The molecule has 0 unspecified atom stereocenters. The Labute approximate surface area is 136 Å². The van der Waals surface area contributed by atoms with E-state index in [0.717, 1.165) is 19.4 Å². The molecule has 0 bridgehead atoms. The molecule has 0 aromatic heterocycles. The van der Waals surface area contributed by atoms with Crippen LogP contribution in [0.1, 0.15) is 35.7 Å². The van der Waals surface area contributed by atoms with Crippen LogP contribution in [0.2, 0.25) is 5.02 Å². The number of hydrogen-bond donors (Lipinski definition) is 2. The fourth-order valence-corrected chi connectivity index (χ4v) is 3.19. The van der Waals surface area contributed by atoms with Crippen LogP contribution in [0.5, 0.6) is 11.5 Å². The number of methoxy groups -OCH3 is 1. The maximum atomic E-state index is 12.5. The first-order valence-corrected chi connectivity index (χ1v) is 7.94. The molecule has 1 heterocycles. The average Bonchev–Trinajstić information content (AvgIpc) is 2.91. The van der Waals surface area contributed by atoms with Gasteiger partial charge in [0.15, 0.2) is 5.75 Å². The lowest BCUT2D eigenvalue weighted by Gasteiger charge is -2.20. The van der Waals surface area contributed by atoms with E-state index in [2.05, 4.69) is 17.3 Å². The normalized spacial score (nSPS) is 18.5.